The lowest BCUT2D eigenvalue weighted by molar-refractivity contribution is 0.0908. The molecule has 0 unspecified atom stereocenters. The van der Waals surface area contributed by atoms with Gasteiger partial charge in [-0.15, -0.1) is 16.4 Å². The second-order valence-electron chi connectivity index (χ2n) is 5.26. The predicted octanol–water partition coefficient (Wildman–Crippen LogP) is 1.75. The highest BCUT2D eigenvalue weighted by Crippen LogP contribution is 2.28. The van der Waals surface area contributed by atoms with Crippen molar-refractivity contribution in [2.75, 3.05) is 0 Å². The van der Waals surface area contributed by atoms with Crippen molar-refractivity contribution in [3.63, 3.8) is 0 Å². The first-order valence-corrected chi connectivity index (χ1v) is 8.02. The van der Waals surface area contributed by atoms with Gasteiger partial charge >= 0.3 is 0 Å². The van der Waals surface area contributed by atoms with Crippen LogP contribution in [0.15, 0.2) is 23.7 Å². The van der Waals surface area contributed by atoms with Gasteiger partial charge in [0.1, 0.15) is 5.69 Å². The van der Waals surface area contributed by atoms with Gasteiger partial charge in [0.15, 0.2) is 0 Å². The normalized spacial score (nSPS) is 22.1. The van der Waals surface area contributed by atoms with Crippen LogP contribution in [-0.2, 0) is 6.61 Å². The minimum Gasteiger partial charge on any atom is -0.390 e. The van der Waals surface area contributed by atoms with Crippen LogP contribution < -0.4 is 5.32 Å². The first-order chi connectivity index (χ1) is 10.3. The second-order valence-corrected chi connectivity index (χ2v) is 6.20. The number of carbonyl (C=O) groups excluding carboxylic acids is 1. The zero-order chi connectivity index (χ0) is 14.7. The van der Waals surface area contributed by atoms with Crippen LogP contribution in [0.3, 0.4) is 0 Å². The van der Waals surface area contributed by atoms with E-state index in [1.165, 1.54) is 11.3 Å². The summed E-state index contributed by atoms with van der Waals surface area (Å²) in [6.45, 7) is -0.112. The zero-order valence-electron chi connectivity index (χ0n) is 11.6. The Kier molecular flexibility index (Phi) is 4.31. The van der Waals surface area contributed by atoms with Gasteiger partial charge in [-0.3, -0.25) is 4.79 Å². The first-order valence-electron chi connectivity index (χ1n) is 7.14. The molecule has 21 heavy (non-hydrogen) atoms. The highest BCUT2D eigenvalue weighted by molar-refractivity contribution is 7.12. The lowest BCUT2D eigenvalue weighted by Gasteiger charge is -2.31. The van der Waals surface area contributed by atoms with Gasteiger partial charge in [0.05, 0.1) is 29.8 Å². The van der Waals surface area contributed by atoms with E-state index < -0.39 is 0 Å². The summed E-state index contributed by atoms with van der Waals surface area (Å²) in [4.78, 5) is 13.0. The van der Waals surface area contributed by atoms with Crippen LogP contribution in [0.2, 0.25) is 0 Å². The van der Waals surface area contributed by atoms with Crippen molar-refractivity contribution in [3.05, 3.63) is 34.3 Å². The molecule has 0 spiro atoms. The molecule has 2 heterocycles. The smallest absolute Gasteiger partial charge is 0.261 e. The topological polar surface area (TPSA) is 80.0 Å². The minimum atomic E-state index is -0.112. The quantitative estimate of drug-likeness (QED) is 0.902. The number of aromatic nitrogens is 3. The number of carbonyl (C=O) groups is 1. The Hall–Kier alpha value is -1.73. The van der Waals surface area contributed by atoms with Crippen LogP contribution in [0.4, 0.5) is 0 Å². The molecule has 0 aliphatic heterocycles. The van der Waals surface area contributed by atoms with Crippen molar-refractivity contribution < 1.29 is 9.90 Å². The molecule has 0 radical (unpaired) electrons. The Morgan fingerprint density at radius 3 is 3.05 bits per heavy atom. The van der Waals surface area contributed by atoms with Crippen LogP contribution in [0, 0.1) is 0 Å². The molecule has 6 nitrogen and oxygen atoms in total. The van der Waals surface area contributed by atoms with Crippen molar-refractivity contribution in [3.8, 4) is 0 Å². The van der Waals surface area contributed by atoms with E-state index >= 15 is 0 Å². The van der Waals surface area contributed by atoms with Gasteiger partial charge in [-0.2, -0.15) is 0 Å². The maximum Gasteiger partial charge on any atom is 0.261 e. The monoisotopic (exact) mass is 306 g/mol. The van der Waals surface area contributed by atoms with Gasteiger partial charge < -0.3 is 10.4 Å². The lowest BCUT2D eigenvalue weighted by Crippen LogP contribution is -2.43. The van der Waals surface area contributed by atoms with Crippen LogP contribution >= 0.6 is 11.3 Å². The number of nitrogens with zero attached hydrogens (tertiary/aromatic N) is 3. The number of aliphatic hydroxyl groups excluding tert-OH is 1. The van der Waals surface area contributed by atoms with Gasteiger partial charge in [-0.1, -0.05) is 24.1 Å². The van der Waals surface area contributed by atoms with Gasteiger partial charge in [0, 0.05) is 0 Å². The fourth-order valence-corrected chi connectivity index (χ4v) is 3.42. The molecular weight excluding hydrogens is 288 g/mol. The van der Waals surface area contributed by atoms with E-state index in [0.717, 1.165) is 30.6 Å². The third-order valence-electron chi connectivity index (χ3n) is 3.85. The first kappa shape index (κ1) is 14.2. The lowest BCUT2D eigenvalue weighted by atomic mass is 9.90. The summed E-state index contributed by atoms with van der Waals surface area (Å²) in [5, 5.41) is 22.1. The highest BCUT2D eigenvalue weighted by Gasteiger charge is 2.29. The summed E-state index contributed by atoms with van der Waals surface area (Å²) in [6, 6.07) is 3.87. The predicted molar refractivity (Wildman–Crippen MR) is 79.0 cm³/mol. The molecule has 2 aromatic heterocycles. The summed E-state index contributed by atoms with van der Waals surface area (Å²) in [5.74, 6) is -0.0237. The molecule has 1 amide bonds. The SMILES string of the molecule is O=C(N[C@H]1CCCC[C@H]1n1cc(CO)nn1)c1cccs1. The largest absolute Gasteiger partial charge is 0.390 e. The van der Waals surface area contributed by atoms with Gasteiger partial charge in [-0.05, 0) is 24.3 Å². The van der Waals surface area contributed by atoms with Gasteiger partial charge in [0.25, 0.3) is 5.91 Å². The van der Waals surface area contributed by atoms with E-state index in [1.54, 1.807) is 10.9 Å². The molecule has 1 fully saturated rings. The van der Waals surface area contributed by atoms with E-state index in [4.69, 9.17) is 5.11 Å². The number of hydrogen-bond acceptors (Lipinski definition) is 5. The van der Waals surface area contributed by atoms with Crippen LogP contribution in [0.5, 0.6) is 0 Å². The Morgan fingerprint density at radius 1 is 1.48 bits per heavy atom. The number of aliphatic hydroxyl groups is 1. The number of rotatable bonds is 4. The Balaban J connectivity index is 1.73. The Labute approximate surface area is 126 Å². The Morgan fingerprint density at radius 2 is 2.33 bits per heavy atom. The molecule has 0 aromatic carbocycles. The van der Waals surface area contributed by atoms with E-state index in [1.807, 2.05) is 17.5 Å². The molecule has 112 valence electrons. The van der Waals surface area contributed by atoms with Crippen LogP contribution in [0.25, 0.3) is 0 Å². The summed E-state index contributed by atoms with van der Waals surface area (Å²) in [5.41, 5.74) is 0.559. The number of amides is 1. The van der Waals surface area contributed by atoms with E-state index in [9.17, 15) is 4.79 Å². The summed E-state index contributed by atoms with van der Waals surface area (Å²) >= 11 is 1.44. The third-order valence-corrected chi connectivity index (χ3v) is 4.72. The highest BCUT2D eigenvalue weighted by atomic mass is 32.1. The van der Waals surface area contributed by atoms with Crippen molar-refractivity contribution in [1.29, 1.82) is 0 Å². The van der Waals surface area contributed by atoms with Gasteiger partial charge in [-0.25, -0.2) is 4.68 Å². The summed E-state index contributed by atoms with van der Waals surface area (Å²) in [7, 11) is 0. The molecule has 2 aromatic rings. The molecular formula is C14H18N4O2S. The number of nitrogens with one attached hydrogen (secondary N) is 1. The minimum absolute atomic E-state index is 0.0237. The average molecular weight is 306 g/mol. The zero-order valence-corrected chi connectivity index (χ0v) is 12.4. The summed E-state index contributed by atoms with van der Waals surface area (Å²) < 4.78 is 1.78. The van der Waals surface area contributed by atoms with Crippen LogP contribution in [0.1, 0.15) is 47.1 Å². The molecule has 0 bridgehead atoms. The molecule has 3 rings (SSSR count). The number of hydrogen-bond donors (Lipinski definition) is 2. The van der Waals surface area contributed by atoms with E-state index in [-0.39, 0.29) is 24.6 Å². The average Bonchev–Trinajstić information content (AvgIpc) is 3.19. The van der Waals surface area contributed by atoms with Crippen molar-refractivity contribution in [1.82, 2.24) is 20.3 Å². The molecule has 2 N–H and O–H groups in total. The van der Waals surface area contributed by atoms with Crippen LogP contribution in [-0.4, -0.2) is 32.0 Å². The fraction of sp³-hybridized carbons (Fsp3) is 0.500. The maximum absolute atomic E-state index is 12.2. The van der Waals surface area contributed by atoms with Gasteiger partial charge in [0.2, 0.25) is 0 Å². The molecule has 1 aliphatic carbocycles. The molecule has 1 aliphatic rings. The number of thiophene rings is 1. The molecule has 2 atom stereocenters. The molecule has 7 heteroatoms. The summed E-state index contributed by atoms with van der Waals surface area (Å²) in [6.07, 6.45) is 5.89. The Bertz CT molecular complexity index is 596. The third kappa shape index (κ3) is 3.14. The maximum atomic E-state index is 12.2. The van der Waals surface area contributed by atoms with Crippen molar-refractivity contribution in [2.24, 2.45) is 0 Å². The van der Waals surface area contributed by atoms with E-state index in [2.05, 4.69) is 15.6 Å². The fourth-order valence-electron chi connectivity index (χ4n) is 2.79. The van der Waals surface area contributed by atoms with E-state index in [0.29, 0.717) is 5.69 Å². The van der Waals surface area contributed by atoms with Crippen molar-refractivity contribution >= 4 is 17.2 Å². The molecule has 1 saturated carbocycles. The standard InChI is InChI=1S/C14H18N4O2S/c19-9-10-8-18(17-16-10)12-5-2-1-4-11(12)15-14(20)13-6-3-7-21-13/h3,6-8,11-12,19H,1-2,4-5,9H2,(H,15,20)/t11-,12+/m0/s1. The van der Waals surface area contributed by atoms with Crippen molar-refractivity contribution in [2.45, 2.75) is 44.4 Å². The molecule has 0 saturated heterocycles. The second kappa shape index (κ2) is 6.36.